The van der Waals surface area contributed by atoms with Gasteiger partial charge < -0.3 is 15.0 Å². The molecule has 2 aliphatic heterocycles. The maximum atomic E-state index is 12.7. The van der Waals surface area contributed by atoms with Crippen LogP contribution >= 0.6 is 0 Å². The Bertz CT molecular complexity index is 882. The molecule has 0 spiro atoms. The number of hydrogen-bond donors (Lipinski definition) is 2. The Hall–Kier alpha value is -1.83. The van der Waals surface area contributed by atoms with Gasteiger partial charge in [0.15, 0.2) is 9.84 Å². The maximum absolute atomic E-state index is 12.7. The summed E-state index contributed by atoms with van der Waals surface area (Å²) in [5.74, 6) is -0.0841. The third-order valence-corrected chi connectivity index (χ3v) is 6.06. The van der Waals surface area contributed by atoms with Gasteiger partial charge in [0.25, 0.3) is 0 Å². The van der Waals surface area contributed by atoms with Crippen LogP contribution in [0, 0.1) is 0 Å². The monoisotopic (exact) mass is 329 g/mol. The number of benzene rings is 2. The Labute approximate surface area is 135 Å². The fourth-order valence-electron chi connectivity index (χ4n) is 3.13. The molecule has 2 N–H and O–H groups in total. The van der Waals surface area contributed by atoms with Gasteiger partial charge in [-0.1, -0.05) is 18.2 Å². The molecule has 7 heteroatoms. The van der Waals surface area contributed by atoms with Crippen molar-refractivity contribution >= 4 is 28.1 Å². The van der Waals surface area contributed by atoms with Gasteiger partial charge in [-0.3, -0.25) is 0 Å². The second-order valence-corrected chi connectivity index (χ2v) is 7.94. The fraction of sp³-hybridized carbons (Fsp3) is 0.250. The van der Waals surface area contributed by atoms with Crippen molar-refractivity contribution in [2.24, 2.45) is 0 Å². The number of hydrogen-bond acceptors (Lipinski definition) is 5. The Morgan fingerprint density at radius 3 is 2.91 bits per heavy atom. The third kappa shape index (κ3) is 2.65. The van der Waals surface area contributed by atoms with Gasteiger partial charge in [-0.25, -0.2) is 8.42 Å². The molecule has 2 aromatic carbocycles. The minimum atomic E-state index is -3.42. The second-order valence-electron chi connectivity index (χ2n) is 5.95. The number of anilines is 1. The summed E-state index contributed by atoms with van der Waals surface area (Å²) in [5.41, 5.74) is 4.29. The number of rotatable bonds is 3. The smallest absolute Gasteiger partial charge is 0.423 e. The van der Waals surface area contributed by atoms with Gasteiger partial charge >= 0.3 is 7.12 Å². The molecule has 0 bridgehead atoms. The van der Waals surface area contributed by atoms with Crippen LogP contribution < -0.4 is 10.8 Å². The van der Waals surface area contributed by atoms with Gasteiger partial charge in [-0.05, 0) is 46.8 Å². The van der Waals surface area contributed by atoms with Crippen molar-refractivity contribution in [3.63, 3.8) is 0 Å². The first-order valence-electron chi connectivity index (χ1n) is 7.54. The van der Waals surface area contributed by atoms with Crippen molar-refractivity contribution in [1.29, 1.82) is 0 Å². The highest BCUT2D eigenvalue weighted by Crippen LogP contribution is 2.27. The summed E-state index contributed by atoms with van der Waals surface area (Å²) in [5, 5.41) is 13.0. The van der Waals surface area contributed by atoms with E-state index in [2.05, 4.69) is 5.32 Å². The lowest BCUT2D eigenvalue weighted by Gasteiger charge is -2.08. The van der Waals surface area contributed by atoms with Crippen molar-refractivity contribution in [3.8, 4) is 0 Å². The molecule has 0 aromatic heterocycles. The maximum Gasteiger partial charge on any atom is 0.491 e. The first-order valence-corrected chi connectivity index (χ1v) is 9.19. The molecule has 0 amide bonds. The first kappa shape index (κ1) is 14.7. The second kappa shape index (κ2) is 5.37. The summed E-state index contributed by atoms with van der Waals surface area (Å²) in [6, 6.07) is 10.6. The molecule has 2 aliphatic rings. The van der Waals surface area contributed by atoms with Crippen LogP contribution in [-0.4, -0.2) is 27.1 Å². The molecule has 0 aliphatic carbocycles. The van der Waals surface area contributed by atoms with E-state index < -0.39 is 17.0 Å². The molecular formula is C16H16BNO4S. The first-order chi connectivity index (χ1) is 11.0. The molecule has 2 aromatic rings. The Kier molecular flexibility index (Phi) is 3.44. The summed E-state index contributed by atoms with van der Waals surface area (Å²) in [6.45, 7) is 1.21. The molecule has 0 saturated heterocycles. The molecule has 0 unspecified atom stereocenters. The van der Waals surface area contributed by atoms with E-state index in [4.69, 9.17) is 4.65 Å². The Morgan fingerprint density at radius 2 is 2.04 bits per heavy atom. The predicted octanol–water partition coefficient (Wildman–Crippen LogP) is 0.846. The lowest BCUT2D eigenvalue weighted by atomic mass is 9.79. The van der Waals surface area contributed by atoms with E-state index in [0.717, 1.165) is 29.8 Å². The predicted molar refractivity (Wildman–Crippen MR) is 88.4 cm³/mol. The zero-order chi connectivity index (χ0) is 16.0. The highest BCUT2D eigenvalue weighted by Gasteiger charge is 2.28. The van der Waals surface area contributed by atoms with Gasteiger partial charge in [-0.15, -0.1) is 0 Å². The van der Waals surface area contributed by atoms with Crippen molar-refractivity contribution in [2.75, 3.05) is 11.9 Å². The van der Waals surface area contributed by atoms with E-state index in [-0.39, 0.29) is 5.75 Å². The minimum Gasteiger partial charge on any atom is -0.423 e. The molecular weight excluding hydrogens is 313 g/mol. The number of sulfone groups is 1. The summed E-state index contributed by atoms with van der Waals surface area (Å²) < 4.78 is 30.5. The largest absolute Gasteiger partial charge is 0.491 e. The highest BCUT2D eigenvalue weighted by atomic mass is 32.2. The van der Waals surface area contributed by atoms with E-state index in [1.165, 1.54) is 0 Å². The van der Waals surface area contributed by atoms with E-state index in [0.29, 0.717) is 22.5 Å². The Morgan fingerprint density at radius 1 is 1.17 bits per heavy atom. The molecule has 118 valence electrons. The average molecular weight is 329 g/mol. The van der Waals surface area contributed by atoms with Gasteiger partial charge in [0.2, 0.25) is 0 Å². The number of nitrogens with one attached hydrogen (secondary N) is 1. The molecule has 0 radical (unpaired) electrons. The van der Waals surface area contributed by atoms with Crippen molar-refractivity contribution < 1.29 is 18.1 Å². The molecule has 2 heterocycles. The molecule has 0 fully saturated rings. The fourth-order valence-corrected chi connectivity index (χ4v) is 4.51. The van der Waals surface area contributed by atoms with E-state index in [9.17, 15) is 13.4 Å². The molecule has 5 nitrogen and oxygen atoms in total. The van der Waals surface area contributed by atoms with E-state index in [1.54, 1.807) is 24.3 Å². The van der Waals surface area contributed by atoms with Gasteiger partial charge in [-0.2, -0.15) is 0 Å². The van der Waals surface area contributed by atoms with E-state index in [1.807, 2.05) is 12.1 Å². The summed E-state index contributed by atoms with van der Waals surface area (Å²) in [4.78, 5) is 0.345. The van der Waals surface area contributed by atoms with Gasteiger partial charge in [0.1, 0.15) is 0 Å². The lowest BCUT2D eigenvalue weighted by Crippen LogP contribution is -2.28. The van der Waals surface area contributed by atoms with Crippen LogP contribution in [0.25, 0.3) is 0 Å². The van der Waals surface area contributed by atoms with Crippen molar-refractivity contribution in [3.05, 3.63) is 53.1 Å². The van der Waals surface area contributed by atoms with Crippen LogP contribution in [0.15, 0.2) is 41.3 Å². The normalized spacial score (nSPS) is 16.1. The Balaban J connectivity index is 1.64. The summed E-state index contributed by atoms with van der Waals surface area (Å²) >= 11 is 0. The van der Waals surface area contributed by atoms with Crippen LogP contribution in [0.2, 0.25) is 0 Å². The highest BCUT2D eigenvalue weighted by molar-refractivity contribution is 7.90. The van der Waals surface area contributed by atoms with E-state index >= 15 is 0 Å². The molecule has 0 saturated carbocycles. The topological polar surface area (TPSA) is 75.6 Å². The standard InChI is InChI=1S/C16H16BNO4S/c19-17-15-7-11(1-2-13(15)9-22-17)10-23(20,21)14-3-4-16-12(8-14)5-6-18-16/h1-4,7-8,18-19H,5-6,9-10H2. The molecule has 0 atom stereocenters. The minimum absolute atomic E-state index is 0.0841. The summed E-state index contributed by atoms with van der Waals surface area (Å²) in [7, 11) is -4.38. The van der Waals surface area contributed by atoms with Gasteiger partial charge in [0, 0.05) is 12.2 Å². The molecule has 4 rings (SSSR count). The third-order valence-electron chi connectivity index (χ3n) is 4.38. The average Bonchev–Trinajstić information content (AvgIpc) is 3.13. The zero-order valence-electron chi connectivity index (χ0n) is 12.5. The van der Waals surface area contributed by atoms with Crippen LogP contribution in [0.3, 0.4) is 0 Å². The van der Waals surface area contributed by atoms with Crippen LogP contribution in [-0.2, 0) is 33.3 Å². The van der Waals surface area contributed by atoms with Crippen LogP contribution in [0.1, 0.15) is 16.7 Å². The lowest BCUT2D eigenvalue weighted by molar-refractivity contribution is 0.275. The SMILES string of the molecule is O=S(=O)(Cc1ccc2c(c1)B(O)OC2)c1ccc2c(c1)CCN2. The van der Waals surface area contributed by atoms with Crippen molar-refractivity contribution in [2.45, 2.75) is 23.7 Å². The van der Waals surface area contributed by atoms with Gasteiger partial charge in [0.05, 0.1) is 17.3 Å². The quantitative estimate of drug-likeness (QED) is 0.817. The van der Waals surface area contributed by atoms with Crippen LogP contribution in [0.5, 0.6) is 0 Å². The summed E-state index contributed by atoms with van der Waals surface area (Å²) in [6.07, 6.45) is 0.848. The van der Waals surface area contributed by atoms with Crippen LogP contribution in [0.4, 0.5) is 5.69 Å². The zero-order valence-corrected chi connectivity index (χ0v) is 13.3. The van der Waals surface area contributed by atoms with Crippen molar-refractivity contribution in [1.82, 2.24) is 0 Å². The number of fused-ring (bicyclic) bond motifs is 2. The molecule has 23 heavy (non-hydrogen) atoms.